The van der Waals surface area contributed by atoms with E-state index < -0.39 is 5.97 Å². The maximum atomic E-state index is 11.2. The van der Waals surface area contributed by atoms with Gasteiger partial charge in [-0.15, -0.1) is 0 Å². The van der Waals surface area contributed by atoms with Crippen molar-refractivity contribution < 1.29 is 19.7 Å². The van der Waals surface area contributed by atoms with Crippen LogP contribution >= 0.6 is 0 Å². The van der Waals surface area contributed by atoms with Crippen LogP contribution in [0, 0.1) is 0 Å². The monoisotopic (exact) mass is 285 g/mol. The van der Waals surface area contributed by atoms with Crippen LogP contribution in [0.2, 0.25) is 0 Å². The lowest BCUT2D eigenvalue weighted by molar-refractivity contribution is 0.0693. The predicted molar refractivity (Wildman–Crippen MR) is 72.4 cm³/mol. The van der Waals surface area contributed by atoms with E-state index in [-0.39, 0.29) is 18.1 Å². The molecule has 7 heteroatoms. The first kappa shape index (κ1) is 12.9. The summed E-state index contributed by atoms with van der Waals surface area (Å²) in [6.07, 6.45) is 4.73. The molecule has 0 unspecified atom stereocenters. The number of hydrogen-bond donors (Lipinski definition) is 2. The van der Waals surface area contributed by atoms with Gasteiger partial charge in [-0.3, -0.25) is 9.38 Å². The minimum Gasteiger partial charge on any atom is -0.508 e. The Labute approximate surface area is 119 Å². The molecule has 0 aliphatic carbocycles. The van der Waals surface area contributed by atoms with E-state index in [0.717, 1.165) is 0 Å². The third-order valence-electron chi connectivity index (χ3n) is 2.90. The SMILES string of the molecule is O=C(O)c1nc(COc2cccnc2)n2ccc(O)cc12. The summed E-state index contributed by atoms with van der Waals surface area (Å²) in [4.78, 5) is 19.2. The zero-order valence-electron chi connectivity index (χ0n) is 10.8. The number of aromatic carboxylic acids is 1. The van der Waals surface area contributed by atoms with Crippen LogP contribution in [0.25, 0.3) is 5.52 Å². The molecule has 0 amide bonds. The number of rotatable bonds is 4. The molecule has 0 saturated heterocycles. The number of ether oxygens (including phenoxy) is 1. The second-order valence-electron chi connectivity index (χ2n) is 4.30. The quantitative estimate of drug-likeness (QED) is 0.757. The van der Waals surface area contributed by atoms with Crippen LogP contribution in [-0.2, 0) is 6.61 Å². The normalized spacial score (nSPS) is 10.7. The fourth-order valence-electron chi connectivity index (χ4n) is 1.98. The van der Waals surface area contributed by atoms with Crippen LogP contribution < -0.4 is 4.74 Å². The smallest absolute Gasteiger partial charge is 0.356 e. The van der Waals surface area contributed by atoms with Crippen molar-refractivity contribution in [3.63, 3.8) is 0 Å². The molecule has 21 heavy (non-hydrogen) atoms. The molecule has 3 aromatic rings. The number of carboxylic acids is 1. The minimum absolute atomic E-state index is 0.0235. The molecule has 0 saturated carbocycles. The van der Waals surface area contributed by atoms with Crippen molar-refractivity contribution in [2.24, 2.45) is 0 Å². The Hall–Kier alpha value is -3.09. The van der Waals surface area contributed by atoms with Gasteiger partial charge in [0.1, 0.15) is 18.1 Å². The molecule has 0 spiro atoms. The van der Waals surface area contributed by atoms with E-state index in [9.17, 15) is 9.90 Å². The van der Waals surface area contributed by atoms with Crippen molar-refractivity contribution in [2.45, 2.75) is 6.61 Å². The first-order valence-corrected chi connectivity index (χ1v) is 6.11. The van der Waals surface area contributed by atoms with Crippen LogP contribution in [0.4, 0.5) is 0 Å². The molecular formula is C14H11N3O4. The van der Waals surface area contributed by atoms with Gasteiger partial charge >= 0.3 is 5.97 Å². The Morgan fingerprint density at radius 2 is 2.24 bits per heavy atom. The number of fused-ring (bicyclic) bond motifs is 1. The summed E-state index contributed by atoms with van der Waals surface area (Å²) in [7, 11) is 0. The number of imidazole rings is 1. The first-order valence-electron chi connectivity index (χ1n) is 6.11. The van der Waals surface area contributed by atoms with Crippen molar-refractivity contribution in [3.05, 3.63) is 54.4 Å². The summed E-state index contributed by atoms with van der Waals surface area (Å²) in [6.45, 7) is 0.0882. The number of hydrogen-bond acceptors (Lipinski definition) is 5. The fraction of sp³-hybridized carbons (Fsp3) is 0.0714. The summed E-state index contributed by atoms with van der Waals surface area (Å²) >= 11 is 0. The molecule has 0 aliphatic rings. The summed E-state index contributed by atoms with van der Waals surface area (Å²) in [6, 6.07) is 6.28. The molecule has 0 aromatic carbocycles. The zero-order valence-corrected chi connectivity index (χ0v) is 10.8. The zero-order chi connectivity index (χ0) is 14.8. The van der Waals surface area contributed by atoms with E-state index >= 15 is 0 Å². The third-order valence-corrected chi connectivity index (χ3v) is 2.90. The van der Waals surface area contributed by atoms with E-state index in [4.69, 9.17) is 9.84 Å². The molecule has 2 N–H and O–H groups in total. The molecule has 0 atom stereocenters. The Morgan fingerprint density at radius 1 is 1.38 bits per heavy atom. The molecule has 0 radical (unpaired) electrons. The van der Waals surface area contributed by atoms with E-state index in [2.05, 4.69) is 9.97 Å². The van der Waals surface area contributed by atoms with Crippen LogP contribution in [0.5, 0.6) is 11.5 Å². The van der Waals surface area contributed by atoms with Crippen molar-refractivity contribution in [2.75, 3.05) is 0 Å². The number of aromatic hydroxyl groups is 1. The van der Waals surface area contributed by atoms with Crippen molar-refractivity contribution in [3.8, 4) is 11.5 Å². The second kappa shape index (κ2) is 5.12. The largest absolute Gasteiger partial charge is 0.508 e. The van der Waals surface area contributed by atoms with E-state index in [0.29, 0.717) is 17.1 Å². The number of carboxylic acid groups (broad SMARTS) is 1. The van der Waals surface area contributed by atoms with Crippen molar-refractivity contribution in [1.82, 2.24) is 14.4 Å². The van der Waals surface area contributed by atoms with Crippen LogP contribution in [0.3, 0.4) is 0 Å². The van der Waals surface area contributed by atoms with Gasteiger partial charge in [-0.2, -0.15) is 0 Å². The average molecular weight is 285 g/mol. The maximum Gasteiger partial charge on any atom is 0.356 e. The molecular weight excluding hydrogens is 274 g/mol. The lowest BCUT2D eigenvalue weighted by Gasteiger charge is -2.04. The Morgan fingerprint density at radius 3 is 2.95 bits per heavy atom. The van der Waals surface area contributed by atoms with E-state index in [1.807, 2.05) is 0 Å². The van der Waals surface area contributed by atoms with Crippen LogP contribution in [0.15, 0.2) is 42.9 Å². The van der Waals surface area contributed by atoms with Gasteiger partial charge < -0.3 is 14.9 Å². The molecule has 0 bridgehead atoms. The topological polar surface area (TPSA) is 97.0 Å². The number of pyridine rings is 2. The van der Waals surface area contributed by atoms with Crippen LogP contribution in [-0.4, -0.2) is 30.6 Å². The fourth-order valence-corrected chi connectivity index (χ4v) is 1.98. The molecule has 0 aliphatic heterocycles. The van der Waals surface area contributed by atoms with E-state index in [1.165, 1.54) is 12.1 Å². The van der Waals surface area contributed by atoms with Gasteiger partial charge in [-0.05, 0) is 18.2 Å². The number of carbonyl (C=O) groups is 1. The molecule has 7 nitrogen and oxygen atoms in total. The van der Waals surface area contributed by atoms with Crippen molar-refractivity contribution in [1.29, 1.82) is 0 Å². The summed E-state index contributed by atoms with van der Waals surface area (Å²) < 4.78 is 7.09. The lowest BCUT2D eigenvalue weighted by atomic mass is 10.3. The highest BCUT2D eigenvalue weighted by Crippen LogP contribution is 2.20. The minimum atomic E-state index is -1.16. The van der Waals surface area contributed by atoms with Gasteiger partial charge in [0.25, 0.3) is 0 Å². The lowest BCUT2D eigenvalue weighted by Crippen LogP contribution is -2.01. The number of nitrogens with zero attached hydrogens (tertiary/aromatic N) is 3. The highest BCUT2D eigenvalue weighted by atomic mass is 16.5. The highest BCUT2D eigenvalue weighted by molar-refractivity contribution is 5.94. The molecule has 3 rings (SSSR count). The van der Waals surface area contributed by atoms with Gasteiger partial charge in [0, 0.05) is 18.5 Å². The molecule has 3 heterocycles. The molecule has 106 valence electrons. The summed E-state index contributed by atoms with van der Waals surface area (Å²) in [5.74, 6) is -0.202. The van der Waals surface area contributed by atoms with Crippen LogP contribution in [0.1, 0.15) is 16.3 Å². The number of aromatic nitrogens is 3. The average Bonchev–Trinajstić information content (AvgIpc) is 2.84. The Balaban J connectivity index is 1.97. The standard InChI is InChI=1S/C14H11N3O4/c18-9-3-5-17-11(6-9)13(14(19)20)16-12(17)8-21-10-2-1-4-15-7-10/h1-7,18H,8H2,(H,19,20). The third kappa shape index (κ3) is 2.48. The maximum absolute atomic E-state index is 11.2. The van der Waals surface area contributed by atoms with E-state index in [1.54, 1.807) is 35.1 Å². The van der Waals surface area contributed by atoms with Gasteiger partial charge in [0.2, 0.25) is 0 Å². The first-order chi connectivity index (χ1) is 10.1. The Bertz CT molecular complexity index is 799. The van der Waals surface area contributed by atoms with Gasteiger partial charge in [0.05, 0.1) is 11.7 Å². The summed E-state index contributed by atoms with van der Waals surface area (Å²) in [5.41, 5.74) is 0.183. The predicted octanol–water partition coefficient (Wildman–Crippen LogP) is 1.71. The molecule has 0 fully saturated rings. The summed E-state index contributed by atoms with van der Waals surface area (Å²) in [5, 5.41) is 18.6. The second-order valence-corrected chi connectivity index (χ2v) is 4.30. The van der Waals surface area contributed by atoms with Gasteiger partial charge in [-0.1, -0.05) is 0 Å². The molecule has 3 aromatic heterocycles. The van der Waals surface area contributed by atoms with Crippen molar-refractivity contribution >= 4 is 11.5 Å². The Kier molecular flexibility index (Phi) is 3.15. The highest BCUT2D eigenvalue weighted by Gasteiger charge is 2.17. The van der Waals surface area contributed by atoms with Gasteiger partial charge in [-0.25, -0.2) is 9.78 Å². The van der Waals surface area contributed by atoms with Gasteiger partial charge in [0.15, 0.2) is 11.5 Å².